The number of hydrogen-bond acceptors (Lipinski definition) is 2. The molecule has 1 N–H and O–H groups in total. The van der Waals surface area contributed by atoms with Crippen molar-refractivity contribution in [2.24, 2.45) is 4.99 Å². The number of aromatic nitrogens is 2. The van der Waals surface area contributed by atoms with Crippen LogP contribution >= 0.6 is 0 Å². The van der Waals surface area contributed by atoms with Crippen molar-refractivity contribution < 1.29 is 8.78 Å². The van der Waals surface area contributed by atoms with Gasteiger partial charge in [-0.1, -0.05) is 0 Å². The molecule has 1 heterocycles. The first-order valence-electron chi connectivity index (χ1n) is 7.34. The molecule has 2 aromatic carbocycles. The average molecular weight is 327 g/mol. The van der Waals surface area contributed by atoms with E-state index in [0.717, 1.165) is 0 Å². The molecule has 4 nitrogen and oxygen atoms in total. The first-order valence-corrected chi connectivity index (χ1v) is 7.34. The van der Waals surface area contributed by atoms with Crippen molar-refractivity contribution in [3.8, 4) is 5.69 Å². The Kier molecular flexibility index (Phi) is 4.12. The van der Waals surface area contributed by atoms with Crippen molar-refractivity contribution in [3.63, 3.8) is 0 Å². The first-order chi connectivity index (χ1) is 11.5. The van der Waals surface area contributed by atoms with E-state index in [-0.39, 0.29) is 17.2 Å². The van der Waals surface area contributed by atoms with Gasteiger partial charge < -0.3 is 0 Å². The number of hydrogen-bond donors (Lipinski definition) is 1. The summed E-state index contributed by atoms with van der Waals surface area (Å²) in [6, 6.07) is 11.3. The van der Waals surface area contributed by atoms with Gasteiger partial charge >= 0.3 is 0 Å². The predicted molar refractivity (Wildman–Crippen MR) is 89.4 cm³/mol. The second-order valence-corrected chi connectivity index (χ2v) is 5.40. The summed E-state index contributed by atoms with van der Waals surface area (Å²) in [6.45, 7) is 3.48. The van der Waals surface area contributed by atoms with Gasteiger partial charge in [-0.2, -0.15) is 0 Å². The smallest absolute Gasteiger partial charge is 0.280 e. The number of benzene rings is 2. The van der Waals surface area contributed by atoms with Crippen molar-refractivity contribution >= 4 is 11.4 Å². The lowest BCUT2D eigenvalue weighted by Gasteiger charge is -2.00. The molecule has 122 valence electrons. The van der Waals surface area contributed by atoms with Crippen LogP contribution in [0.4, 0.5) is 14.5 Å². The van der Waals surface area contributed by atoms with Crippen LogP contribution in [0.1, 0.15) is 18.2 Å². The maximum atomic E-state index is 13.0. The van der Waals surface area contributed by atoms with E-state index in [1.54, 1.807) is 26.0 Å². The third-order valence-electron chi connectivity index (χ3n) is 3.64. The Morgan fingerprint density at radius 3 is 2.12 bits per heavy atom. The molecule has 1 aromatic heterocycles. The lowest BCUT2D eigenvalue weighted by atomic mass is 10.1. The molecule has 3 rings (SSSR count). The van der Waals surface area contributed by atoms with Crippen molar-refractivity contribution in [1.29, 1.82) is 0 Å². The van der Waals surface area contributed by atoms with Crippen LogP contribution in [0.3, 0.4) is 0 Å². The van der Waals surface area contributed by atoms with Crippen LogP contribution in [0.25, 0.3) is 5.69 Å². The minimum atomic E-state index is -0.371. The number of nitrogens with zero attached hydrogens (tertiary/aromatic N) is 2. The largest absolute Gasteiger partial charge is 0.295 e. The average Bonchev–Trinajstić information content (AvgIpc) is 2.85. The van der Waals surface area contributed by atoms with Gasteiger partial charge in [-0.25, -0.2) is 13.5 Å². The molecule has 0 saturated heterocycles. The van der Waals surface area contributed by atoms with Gasteiger partial charge in [0.15, 0.2) is 0 Å². The molecule has 0 aliphatic heterocycles. The number of nitrogens with one attached hydrogen (secondary N) is 1. The van der Waals surface area contributed by atoms with Crippen LogP contribution in [-0.2, 0) is 0 Å². The topological polar surface area (TPSA) is 50.1 Å². The number of aliphatic imine (C=N–C) groups is 1. The highest BCUT2D eigenvalue weighted by atomic mass is 19.1. The van der Waals surface area contributed by atoms with Crippen LogP contribution in [0.15, 0.2) is 58.3 Å². The highest BCUT2D eigenvalue weighted by molar-refractivity contribution is 6.00. The summed E-state index contributed by atoms with van der Waals surface area (Å²) in [5.74, 6) is -0.715. The van der Waals surface area contributed by atoms with Gasteiger partial charge in [-0.15, -0.1) is 0 Å². The standard InChI is InChI=1S/C18H15F2N3O/c1-11(21-15-7-3-13(19)4-8-15)17-12(2)22-23(18(17)24)16-9-5-14(20)6-10-16/h3-10,22H,1-2H3. The summed E-state index contributed by atoms with van der Waals surface area (Å²) >= 11 is 0. The van der Waals surface area contributed by atoms with E-state index in [2.05, 4.69) is 10.1 Å². The zero-order chi connectivity index (χ0) is 17.3. The molecule has 0 aliphatic rings. The van der Waals surface area contributed by atoms with Gasteiger partial charge in [0.2, 0.25) is 0 Å². The third-order valence-corrected chi connectivity index (χ3v) is 3.64. The fourth-order valence-electron chi connectivity index (χ4n) is 2.51. The van der Waals surface area contributed by atoms with E-state index in [1.165, 1.54) is 41.1 Å². The first kappa shape index (κ1) is 15.9. The molecular formula is C18H15F2N3O. The van der Waals surface area contributed by atoms with Crippen LogP contribution in [0, 0.1) is 18.6 Å². The number of rotatable bonds is 3. The molecule has 3 aromatic rings. The quantitative estimate of drug-likeness (QED) is 0.729. The molecule has 0 atom stereocenters. The normalized spacial score (nSPS) is 11.8. The van der Waals surface area contributed by atoms with Gasteiger partial charge in [0.1, 0.15) is 11.6 Å². The maximum Gasteiger partial charge on any atom is 0.280 e. The second kappa shape index (κ2) is 6.23. The Morgan fingerprint density at radius 1 is 1.00 bits per heavy atom. The molecule has 24 heavy (non-hydrogen) atoms. The van der Waals surface area contributed by atoms with Crippen molar-refractivity contribution in [3.05, 3.63) is 81.8 Å². The van der Waals surface area contributed by atoms with Gasteiger partial charge in [-0.05, 0) is 62.4 Å². The van der Waals surface area contributed by atoms with Crippen LogP contribution in [-0.4, -0.2) is 15.5 Å². The van der Waals surface area contributed by atoms with Crippen LogP contribution < -0.4 is 5.56 Å². The highest BCUT2D eigenvalue weighted by Crippen LogP contribution is 2.15. The zero-order valence-corrected chi connectivity index (χ0v) is 13.2. The summed E-state index contributed by atoms with van der Waals surface area (Å²) in [7, 11) is 0. The molecule has 0 unspecified atom stereocenters. The van der Waals surface area contributed by atoms with Gasteiger partial charge in [0, 0.05) is 5.69 Å². The number of halogens is 2. The lowest BCUT2D eigenvalue weighted by Crippen LogP contribution is -2.19. The number of aryl methyl sites for hydroxylation is 1. The molecule has 0 amide bonds. The lowest BCUT2D eigenvalue weighted by molar-refractivity contribution is 0.626. The fourth-order valence-corrected chi connectivity index (χ4v) is 2.51. The van der Waals surface area contributed by atoms with Gasteiger partial charge in [0.25, 0.3) is 5.56 Å². The van der Waals surface area contributed by atoms with E-state index >= 15 is 0 Å². The van der Waals surface area contributed by atoms with Crippen molar-refractivity contribution in [2.45, 2.75) is 13.8 Å². The summed E-state index contributed by atoms with van der Waals surface area (Å²) in [5.41, 5.74) is 2.41. The third kappa shape index (κ3) is 3.03. The second-order valence-electron chi connectivity index (χ2n) is 5.40. The van der Waals surface area contributed by atoms with E-state index in [4.69, 9.17) is 0 Å². The maximum absolute atomic E-state index is 13.0. The molecule has 0 radical (unpaired) electrons. The molecular weight excluding hydrogens is 312 g/mol. The fraction of sp³-hybridized carbons (Fsp3) is 0.111. The number of aromatic amines is 1. The minimum Gasteiger partial charge on any atom is -0.295 e. The van der Waals surface area contributed by atoms with Gasteiger partial charge in [0.05, 0.1) is 22.6 Å². The van der Waals surface area contributed by atoms with Crippen LogP contribution in [0.2, 0.25) is 0 Å². The Bertz CT molecular complexity index is 951. The summed E-state index contributed by atoms with van der Waals surface area (Å²) in [6.07, 6.45) is 0. The molecule has 0 bridgehead atoms. The van der Waals surface area contributed by atoms with E-state index in [9.17, 15) is 13.6 Å². The van der Waals surface area contributed by atoms with Crippen molar-refractivity contribution in [1.82, 2.24) is 9.78 Å². The Balaban J connectivity index is 2.04. The Labute approximate surface area is 137 Å². The molecule has 0 fully saturated rings. The molecule has 6 heteroatoms. The Morgan fingerprint density at radius 2 is 1.54 bits per heavy atom. The predicted octanol–water partition coefficient (Wildman–Crippen LogP) is 3.89. The minimum absolute atomic E-state index is 0.275. The monoisotopic (exact) mass is 327 g/mol. The van der Waals surface area contributed by atoms with Crippen molar-refractivity contribution in [2.75, 3.05) is 0 Å². The zero-order valence-electron chi connectivity index (χ0n) is 13.2. The van der Waals surface area contributed by atoms with E-state index in [0.29, 0.717) is 28.3 Å². The summed E-state index contributed by atoms with van der Waals surface area (Å²) < 4.78 is 27.3. The highest BCUT2D eigenvalue weighted by Gasteiger charge is 2.15. The van der Waals surface area contributed by atoms with E-state index in [1.807, 2.05) is 0 Å². The molecule has 0 saturated carbocycles. The van der Waals surface area contributed by atoms with E-state index < -0.39 is 0 Å². The number of H-pyrrole nitrogens is 1. The summed E-state index contributed by atoms with van der Waals surface area (Å²) in [5, 5.41) is 2.97. The molecule has 0 spiro atoms. The van der Waals surface area contributed by atoms with Gasteiger partial charge in [-0.3, -0.25) is 14.9 Å². The molecule has 0 aliphatic carbocycles. The van der Waals surface area contributed by atoms with Crippen LogP contribution in [0.5, 0.6) is 0 Å². The summed E-state index contributed by atoms with van der Waals surface area (Å²) in [4.78, 5) is 17.0. The Hall–Kier alpha value is -3.02. The SMILES string of the molecule is CC(=Nc1ccc(F)cc1)c1c(C)[nH]n(-c2ccc(F)cc2)c1=O.